The molecule has 3 nitrogen and oxygen atoms in total. The van der Waals surface area contributed by atoms with Gasteiger partial charge in [-0.15, -0.1) is 0 Å². The minimum Gasteiger partial charge on any atom is -0.379 e. The van der Waals surface area contributed by atoms with E-state index < -0.39 is 0 Å². The van der Waals surface area contributed by atoms with Crippen LogP contribution in [0.25, 0.3) is 0 Å². The van der Waals surface area contributed by atoms with E-state index in [1.54, 1.807) is 0 Å². The van der Waals surface area contributed by atoms with Gasteiger partial charge in [-0.2, -0.15) is 0 Å². The monoisotopic (exact) mass is 196 g/mol. The maximum atomic E-state index is 5.37. The highest BCUT2D eigenvalue weighted by atomic mass is 16.5. The summed E-state index contributed by atoms with van der Waals surface area (Å²) in [6.07, 6.45) is 4.26. The first kappa shape index (κ1) is 9.13. The summed E-state index contributed by atoms with van der Waals surface area (Å²) >= 11 is 0. The molecule has 3 unspecified atom stereocenters. The molecule has 3 atom stereocenters. The molecule has 3 aliphatic rings. The molecule has 0 saturated carbocycles. The zero-order chi connectivity index (χ0) is 9.38. The predicted octanol–water partition coefficient (Wildman–Crippen LogP) is 0.459. The Morgan fingerprint density at radius 3 is 2.71 bits per heavy atom. The number of fused-ring (bicyclic) bond motifs is 2. The Morgan fingerprint density at radius 2 is 2.07 bits per heavy atom. The average molecular weight is 196 g/mol. The summed E-state index contributed by atoms with van der Waals surface area (Å²) in [6, 6.07) is 1.69. The highest BCUT2D eigenvalue weighted by Crippen LogP contribution is 2.33. The van der Waals surface area contributed by atoms with Gasteiger partial charge >= 0.3 is 0 Å². The molecule has 0 aromatic heterocycles. The van der Waals surface area contributed by atoms with Gasteiger partial charge in [-0.3, -0.25) is 4.90 Å². The highest BCUT2D eigenvalue weighted by molar-refractivity contribution is 4.98. The van der Waals surface area contributed by atoms with Crippen molar-refractivity contribution in [2.24, 2.45) is 5.92 Å². The molecule has 0 aromatic rings. The number of hydrogen-bond acceptors (Lipinski definition) is 3. The van der Waals surface area contributed by atoms with Crippen LogP contribution in [0.3, 0.4) is 0 Å². The lowest BCUT2D eigenvalue weighted by molar-refractivity contribution is 0.0289. The van der Waals surface area contributed by atoms with E-state index in [2.05, 4.69) is 10.2 Å². The third-order valence-corrected chi connectivity index (χ3v) is 4.03. The molecule has 3 heterocycles. The van der Waals surface area contributed by atoms with Crippen LogP contribution in [0.1, 0.15) is 19.3 Å². The Bertz CT molecular complexity index is 203. The smallest absolute Gasteiger partial charge is 0.0594 e. The zero-order valence-corrected chi connectivity index (χ0v) is 8.74. The van der Waals surface area contributed by atoms with Gasteiger partial charge < -0.3 is 10.1 Å². The molecule has 14 heavy (non-hydrogen) atoms. The van der Waals surface area contributed by atoms with Crippen molar-refractivity contribution in [2.45, 2.75) is 31.3 Å². The Balaban J connectivity index is 1.52. The van der Waals surface area contributed by atoms with Gasteiger partial charge in [0, 0.05) is 31.7 Å². The van der Waals surface area contributed by atoms with Crippen LogP contribution in [0, 0.1) is 5.92 Å². The molecule has 0 radical (unpaired) electrons. The van der Waals surface area contributed by atoms with Crippen LogP contribution in [0.5, 0.6) is 0 Å². The first-order valence-corrected chi connectivity index (χ1v) is 5.98. The van der Waals surface area contributed by atoms with Crippen LogP contribution in [0.15, 0.2) is 0 Å². The SMILES string of the molecule is C1CN(CC2CC3CCC2N3)CCO1. The van der Waals surface area contributed by atoms with E-state index in [0.29, 0.717) is 0 Å². The van der Waals surface area contributed by atoms with E-state index in [0.717, 1.165) is 44.3 Å². The quantitative estimate of drug-likeness (QED) is 0.694. The highest BCUT2D eigenvalue weighted by Gasteiger charge is 2.39. The van der Waals surface area contributed by atoms with Crippen LogP contribution >= 0.6 is 0 Å². The van der Waals surface area contributed by atoms with Crippen molar-refractivity contribution in [3.63, 3.8) is 0 Å². The average Bonchev–Trinajstić information content (AvgIpc) is 2.81. The Hall–Kier alpha value is -0.120. The number of morpholine rings is 1. The molecule has 0 spiro atoms. The fourth-order valence-electron chi connectivity index (χ4n) is 3.25. The second-order valence-electron chi connectivity index (χ2n) is 4.96. The fourth-order valence-corrected chi connectivity index (χ4v) is 3.25. The summed E-state index contributed by atoms with van der Waals surface area (Å²) in [5.74, 6) is 0.923. The third kappa shape index (κ3) is 1.69. The van der Waals surface area contributed by atoms with Gasteiger partial charge in [0.15, 0.2) is 0 Å². The summed E-state index contributed by atoms with van der Waals surface area (Å²) < 4.78 is 5.37. The van der Waals surface area contributed by atoms with Crippen LogP contribution in [0.2, 0.25) is 0 Å². The Kier molecular flexibility index (Phi) is 2.48. The second-order valence-corrected chi connectivity index (χ2v) is 4.96. The van der Waals surface area contributed by atoms with Crippen LogP contribution in [-0.2, 0) is 4.74 Å². The minimum atomic E-state index is 0.836. The summed E-state index contributed by atoms with van der Waals surface area (Å²) in [5.41, 5.74) is 0. The van der Waals surface area contributed by atoms with Gasteiger partial charge in [0.1, 0.15) is 0 Å². The van der Waals surface area contributed by atoms with Gasteiger partial charge in [0.25, 0.3) is 0 Å². The number of nitrogens with one attached hydrogen (secondary N) is 1. The lowest BCUT2D eigenvalue weighted by Gasteiger charge is -2.31. The van der Waals surface area contributed by atoms with Crippen LogP contribution in [0.4, 0.5) is 0 Å². The molecule has 3 fully saturated rings. The topological polar surface area (TPSA) is 24.5 Å². The van der Waals surface area contributed by atoms with Gasteiger partial charge in [-0.1, -0.05) is 0 Å². The fraction of sp³-hybridized carbons (Fsp3) is 1.00. The molecule has 3 rings (SSSR count). The van der Waals surface area contributed by atoms with Gasteiger partial charge in [0.05, 0.1) is 13.2 Å². The summed E-state index contributed by atoms with van der Waals surface area (Å²) in [5, 5.41) is 3.71. The van der Waals surface area contributed by atoms with E-state index in [-0.39, 0.29) is 0 Å². The van der Waals surface area contributed by atoms with E-state index in [1.165, 1.54) is 25.8 Å². The molecule has 1 N–H and O–H groups in total. The molecule has 3 aliphatic heterocycles. The molecule has 80 valence electrons. The van der Waals surface area contributed by atoms with E-state index in [9.17, 15) is 0 Å². The number of nitrogens with zero attached hydrogens (tertiary/aromatic N) is 1. The lowest BCUT2D eigenvalue weighted by atomic mass is 9.89. The standard InChI is InChI=1S/C11H20N2O/c1-2-11-9(7-10(1)12-11)8-13-3-5-14-6-4-13/h9-12H,1-8H2. The normalized spacial score (nSPS) is 43.3. The molecule has 0 amide bonds. The van der Waals surface area contributed by atoms with E-state index in [1.807, 2.05) is 0 Å². The Morgan fingerprint density at radius 1 is 1.21 bits per heavy atom. The second kappa shape index (κ2) is 3.80. The van der Waals surface area contributed by atoms with Crippen molar-refractivity contribution < 1.29 is 4.74 Å². The molecule has 3 saturated heterocycles. The molecular weight excluding hydrogens is 176 g/mol. The largest absolute Gasteiger partial charge is 0.379 e. The first-order chi connectivity index (χ1) is 6.92. The predicted molar refractivity (Wildman–Crippen MR) is 55.3 cm³/mol. The Labute approximate surface area is 85.8 Å². The first-order valence-electron chi connectivity index (χ1n) is 5.98. The zero-order valence-electron chi connectivity index (χ0n) is 8.74. The molecule has 2 bridgehead atoms. The maximum absolute atomic E-state index is 5.37. The number of rotatable bonds is 2. The summed E-state index contributed by atoms with van der Waals surface area (Å²) in [7, 11) is 0. The van der Waals surface area contributed by atoms with Crippen molar-refractivity contribution in [3.8, 4) is 0 Å². The molecule has 3 heteroatoms. The van der Waals surface area contributed by atoms with Gasteiger partial charge in [-0.25, -0.2) is 0 Å². The summed E-state index contributed by atoms with van der Waals surface area (Å²) in [6.45, 7) is 5.47. The molecule has 0 aromatic carbocycles. The van der Waals surface area contributed by atoms with Crippen molar-refractivity contribution in [1.29, 1.82) is 0 Å². The van der Waals surface area contributed by atoms with Crippen LogP contribution < -0.4 is 5.32 Å². The van der Waals surface area contributed by atoms with Crippen LogP contribution in [-0.4, -0.2) is 49.8 Å². The van der Waals surface area contributed by atoms with E-state index >= 15 is 0 Å². The third-order valence-electron chi connectivity index (χ3n) is 4.03. The van der Waals surface area contributed by atoms with E-state index in [4.69, 9.17) is 4.74 Å². The maximum Gasteiger partial charge on any atom is 0.0594 e. The van der Waals surface area contributed by atoms with Crippen molar-refractivity contribution >= 4 is 0 Å². The number of ether oxygens (including phenoxy) is 1. The van der Waals surface area contributed by atoms with Crippen molar-refractivity contribution in [3.05, 3.63) is 0 Å². The molecule has 0 aliphatic carbocycles. The van der Waals surface area contributed by atoms with Crippen molar-refractivity contribution in [2.75, 3.05) is 32.8 Å². The van der Waals surface area contributed by atoms with Crippen molar-refractivity contribution in [1.82, 2.24) is 10.2 Å². The van der Waals surface area contributed by atoms with Gasteiger partial charge in [0.2, 0.25) is 0 Å². The number of hydrogen-bond donors (Lipinski definition) is 1. The minimum absolute atomic E-state index is 0.836. The van der Waals surface area contributed by atoms with Gasteiger partial charge in [-0.05, 0) is 25.2 Å². The molecular formula is C11H20N2O. The summed E-state index contributed by atoms with van der Waals surface area (Å²) in [4.78, 5) is 2.58. The lowest BCUT2D eigenvalue weighted by Crippen LogP contribution is -2.41.